The van der Waals surface area contributed by atoms with Gasteiger partial charge in [-0.25, -0.2) is 8.42 Å². The quantitative estimate of drug-likeness (QED) is 0.920. The van der Waals surface area contributed by atoms with E-state index >= 15 is 0 Å². The zero-order chi connectivity index (χ0) is 15.6. The second-order valence-electron chi connectivity index (χ2n) is 5.61. The molecule has 1 aromatic carbocycles. The van der Waals surface area contributed by atoms with Crippen LogP contribution in [0.5, 0.6) is 0 Å². The summed E-state index contributed by atoms with van der Waals surface area (Å²) in [7, 11) is -1.53. The average molecular weight is 329 g/mol. The largest absolute Gasteiger partial charge is 0.316 e. The molecular weight excluding hydrogens is 304 g/mol. The van der Waals surface area contributed by atoms with Gasteiger partial charge in [-0.05, 0) is 50.6 Å². The first-order chi connectivity index (χ1) is 9.87. The number of aryl methyl sites for hydroxylation is 2. The molecule has 118 valence electrons. The highest BCUT2D eigenvalue weighted by Gasteiger charge is 2.32. The van der Waals surface area contributed by atoms with Crippen LogP contribution in [-0.2, 0) is 16.6 Å². The zero-order valence-corrected chi connectivity index (χ0v) is 14.8. The molecule has 1 aromatic rings. The first kappa shape index (κ1) is 16.8. The van der Waals surface area contributed by atoms with Gasteiger partial charge in [-0.2, -0.15) is 16.1 Å². The summed E-state index contributed by atoms with van der Waals surface area (Å²) in [5, 5.41) is 3.10. The summed E-state index contributed by atoms with van der Waals surface area (Å²) in [6.45, 7) is 7.17. The van der Waals surface area contributed by atoms with Crippen molar-refractivity contribution in [3.63, 3.8) is 0 Å². The van der Waals surface area contributed by atoms with Gasteiger partial charge in [0.15, 0.2) is 0 Å². The van der Waals surface area contributed by atoms with Gasteiger partial charge in [0, 0.05) is 30.6 Å². The number of thioether (sulfide) groups is 1. The van der Waals surface area contributed by atoms with Gasteiger partial charge in [0.25, 0.3) is 0 Å². The van der Waals surface area contributed by atoms with Crippen LogP contribution in [0.1, 0.15) is 23.6 Å². The Hall–Kier alpha value is -0.560. The molecule has 1 fully saturated rings. The molecule has 0 bridgehead atoms. The molecule has 1 N–H and O–H groups in total. The van der Waals surface area contributed by atoms with E-state index in [9.17, 15) is 8.42 Å². The van der Waals surface area contributed by atoms with E-state index in [-0.39, 0.29) is 6.04 Å². The third-order valence-electron chi connectivity index (χ3n) is 3.89. The Bertz CT molecular complexity index is 614. The number of nitrogens with zero attached hydrogens (tertiary/aromatic N) is 1. The molecule has 0 spiro atoms. The number of hydrogen-bond acceptors (Lipinski definition) is 4. The molecule has 6 heteroatoms. The fraction of sp³-hybridized carbons (Fsp3) is 0.600. The van der Waals surface area contributed by atoms with Gasteiger partial charge in [0.1, 0.15) is 0 Å². The lowest BCUT2D eigenvalue weighted by molar-refractivity contribution is 0.367. The maximum absolute atomic E-state index is 13.0. The van der Waals surface area contributed by atoms with Crippen molar-refractivity contribution < 1.29 is 8.42 Å². The van der Waals surface area contributed by atoms with Crippen LogP contribution >= 0.6 is 11.8 Å². The van der Waals surface area contributed by atoms with Crippen LogP contribution in [0, 0.1) is 13.8 Å². The van der Waals surface area contributed by atoms with E-state index in [0.29, 0.717) is 18.0 Å². The van der Waals surface area contributed by atoms with Gasteiger partial charge in [-0.15, -0.1) is 0 Å². The van der Waals surface area contributed by atoms with Crippen LogP contribution in [0.3, 0.4) is 0 Å². The van der Waals surface area contributed by atoms with Crippen molar-refractivity contribution in [3.8, 4) is 0 Å². The molecule has 0 radical (unpaired) electrons. The van der Waals surface area contributed by atoms with Crippen LogP contribution in [0.25, 0.3) is 0 Å². The summed E-state index contributed by atoms with van der Waals surface area (Å²) < 4.78 is 27.6. The monoisotopic (exact) mass is 328 g/mol. The van der Waals surface area contributed by atoms with E-state index in [1.807, 2.05) is 51.7 Å². The lowest BCUT2D eigenvalue weighted by atomic mass is 10.1. The molecule has 21 heavy (non-hydrogen) atoms. The Morgan fingerprint density at radius 1 is 1.33 bits per heavy atom. The number of nitrogens with one attached hydrogen (secondary N) is 1. The Balaban J connectivity index is 2.46. The van der Waals surface area contributed by atoms with Crippen molar-refractivity contribution in [3.05, 3.63) is 28.8 Å². The maximum atomic E-state index is 13.0. The topological polar surface area (TPSA) is 49.4 Å². The summed E-state index contributed by atoms with van der Waals surface area (Å²) in [5.41, 5.74) is 3.00. The van der Waals surface area contributed by atoms with Crippen molar-refractivity contribution in [1.82, 2.24) is 9.62 Å². The minimum absolute atomic E-state index is 0.0576. The van der Waals surface area contributed by atoms with Crippen LogP contribution in [0.2, 0.25) is 0 Å². The molecule has 1 unspecified atom stereocenters. The second kappa shape index (κ2) is 6.69. The van der Waals surface area contributed by atoms with E-state index in [4.69, 9.17) is 0 Å². The predicted molar refractivity (Wildman–Crippen MR) is 89.4 cm³/mol. The number of sulfonamides is 1. The Morgan fingerprint density at radius 3 is 2.67 bits per heavy atom. The fourth-order valence-electron chi connectivity index (χ4n) is 2.73. The Labute approximate surface area is 132 Å². The fourth-order valence-corrected chi connectivity index (χ4v) is 5.84. The average Bonchev–Trinajstić information content (AvgIpc) is 2.42. The van der Waals surface area contributed by atoms with E-state index in [1.165, 1.54) is 0 Å². The highest BCUT2D eigenvalue weighted by atomic mass is 32.2. The first-order valence-corrected chi connectivity index (χ1v) is 9.81. The summed E-state index contributed by atoms with van der Waals surface area (Å²) in [4.78, 5) is 0.456. The standard InChI is InChI=1S/C15H24N2O2S2/c1-11-7-12(2)15(8-14(11)9-16-4)21(18,19)17-5-6-20-10-13(17)3/h7-8,13,16H,5-6,9-10H2,1-4H3. The summed E-state index contributed by atoms with van der Waals surface area (Å²) >= 11 is 1.82. The molecule has 1 heterocycles. The zero-order valence-electron chi connectivity index (χ0n) is 13.1. The smallest absolute Gasteiger partial charge is 0.243 e. The molecular formula is C15H24N2O2S2. The van der Waals surface area contributed by atoms with Crippen molar-refractivity contribution in [2.24, 2.45) is 0 Å². The molecule has 0 aliphatic carbocycles. The highest BCUT2D eigenvalue weighted by Crippen LogP contribution is 2.28. The van der Waals surface area contributed by atoms with Crippen molar-refractivity contribution in [1.29, 1.82) is 0 Å². The van der Waals surface area contributed by atoms with Crippen LogP contribution < -0.4 is 5.32 Å². The minimum Gasteiger partial charge on any atom is -0.316 e. The molecule has 1 atom stereocenters. The molecule has 0 aromatic heterocycles. The van der Waals surface area contributed by atoms with E-state index in [2.05, 4.69) is 5.32 Å². The van der Waals surface area contributed by atoms with Gasteiger partial charge in [-0.1, -0.05) is 6.07 Å². The van der Waals surface area contributed by atoms with Crippen LogP contribution in [0.15, 0.2) is 17.0 Å². The SMILES string of the molecule is CNCc1cc(S(=O)(=O)N2CCSCC2C)c(C)cc1C. The molecule has 1 aliphatic rings. The van der Waals surface area contributed by atoms with E-state index in [0.717, 1.165) is 28.2 Å². The molecule has 2 rings (SSSR count). The summed E-state index contributed by atoms with van der Waals surface area (Å²) in [6.07, 6.45) is 0. The number of hydrogen-bond donors (Lipinski definition) is 1. The molecule has 0 amide bonds. The second-order valence-corrected chi connectivity index (χ2v) is 8.62. The predicted octanol–water partition coefficient (Wildman–Crippen LogP) is 2.15. The third-order valence-corrected chi connectivity index (χ3v) is 7.24. The molecule has 1 aliphatic heterocycles. The van der Waals surface area contributed by atoms with Gasteiger partial charge < -0.3 is 5.32 Å². The molecule has 0 saturated carbocycles. The highest BCUT2D eigenvalue weighted by molar-refractivity contribution is 7.99. The third kappa shape index (κ3) is 3.44. The van der Waals surface area contributed by atoms with Crippen LogP contribution in [0.4, 0.5) is 0 Å². The summed E-state index contributed by atoms with van der Waals surface area (Å²) in [5.74, 6) is 1.74. The van der Waals surface area contributed by atoms with Crippen molar-refractivity contribution >= 4 is 21.8 Å². The first-order valence-electron chi connectivity index (χ1n) is 7.22. The molecule has 4 nitrogen and oxygen atoms in total. The molecule has 1 saturated heterocycles. The van der Waals surface area contributed by atoms with Gasteiger partial charge >= 0.3 is 0 Å². The number of benzene rings is 1. The van der Waals surface area contributed by atoms with E-state index < -0.39 is 10.0 Å². The lowest BCUT2D eigenvalue weighted by Crippen LogP contribution is -2.44. The van der Waals surface area contributed by atoms with E-state index in [1.54, 1.807) is 4.31 Å². The number of rotatable bonds is 4. The normalized spacial score (nSPS) is 20.7. The van der Waals surface area contributed by atoms with Gasteiger partial charge in [0.2, 0.25) is 10.0 Å². The summed E-state index contributed by atoms with van der Waals surface area (Å²) in [6, 6.07) is 3.87. The lowest BCUT2D eigenvalue weighted by Gasteiger charge is -2.32. The van der Waals surface area contributed by atoms with Gasteiger partial charge in [-0.3, -0.25) is 0 Å². The Kier molecular flexibility index (Phi) is 5.35. The van der Waals surface area contributed by atoms with Crippen molar-refractivity contribution in [2.45, 2.75) is 38.3 Å². The Morgan fingerprint density at radius 2 is 2.05 bits per heavy atom. The minimum atomic E-state index is -3.41. The van der Waals surface area contributed by atoms with Crippen LogP contribution in [-0.4, -0.2) is 43.9 Å². The van der Waals surface area contributed by atoms with Crippen molar-refractivity contribution in [2.75, 3.05) is 25.1 Å². The maximum Gasteiger partial charge on any atom is 0.243 e. The van der Waals surface area contributed by atoms with Gasteiger partial charge in [0.05, 0.1) is 4.90 Å².